The number of benzene rings is 3. The van der Waals surface area contributed by atoms with Crippen LogP contribution in [-0.4, -0.2) is 33.5 Å². The van der Waals surface area contributed by atoms with E-state index in [1.54, 1.807) is 37.3 Å². The van der Waals surface area contributed by atoms with Crippen LogP contribution in [0.25, 0.3) is 0 Å². The minimum Gasteiger partial charge on any atom is -0.497 e. The van der Waals surface area contributed by atoms with Gasteiger partial charge in [-0.3, -0.25) is 19.6 Å². The number of nitro benzene ring substituents is 1. The van der Waals surface area contributed by atoms with Crippen LogP contribution in [-0.2, 0) is 10.0 Å². The van der Waals surface area contributed by atoms with Gasteiger partial charge in [0.1, 0.15) is 5.75 Å². The van der Waals surface area contributed by atoms with Crippen LogP contribution in [0.3, 0.4) is 0 Å². The van der Waals surface area contributed by atoms with E-state index in [4.69, 9.17) is 9.47 Å². The Balaban J connectivity index is 1.85. The van der Waals surface area contributed by atoms with Gasteiger partial charge < -0.3 is 14.8 Å². The number of rotatable bonds is 8. The molecule has 0 bridgehead atoms. The number of ether oxygens (including phenoxy) is 2. The molecule has 3 aromatic rings. The van der Waals surface area contributed by atoms with E-state index >= 15 is 0 Å². The van der Waals surface area contributed by atoms with Crippen molar-refractivity contribution >= 4 is 33.0 Å². The quantitative estimate of drug-likeness (QED) is 0.374. The van der Waals surface area contributed by atoms with Gasteiger partial charge in [-0.2, -0.15) is 0 Å². The Bertz CT molecular complexity index is 1310. The van der Waals surface area contributed by atoms with Gasteiger partial charge >= 0.3 is 5.69 Å². The molecule has 0 heterocycles. The summed E-state index contributed by atoms with van der Waals surface area (Å²) in [5.74, 6) is -0.0430. The fourth-order valence-corrected chi connectivity index (χ4v) is 4.34. The van der Waals surface area contributed by atoms with E-state index in [9.17, 15) is 23.3 Å². The molecule has 0 aliphatic rings. The van der Waals surface area contributed by atoms with E-state index in [-0.39, 0.29) is 27.6 Å². The minimum atomic E-state index is -3.96. The topological polar surface area (TPSA) is 137 Å². The first-order valence-corrected chi connectivity index (χ1v) is 11.0. The normalized spacial score (nSPS) is 10.9. The molecule has 0 saturated carbocycles. The third-order valence-electron chi connectivity index (χ3n) is 4.72. The number of nitrogens with zero attached hydrogens (tertiary/aromatic N) is 1. The highest BCUT2D eigenvalue weighted by molar-refractivity contribution is 7.92. The lowest BCUT2D eigenvalue weighted by molar-refractivity contribution is -0.385. The van der Waals surface area contributed by atoms with Gasteiger partial charge in [-0.15, -0.1) is 0 Å². The highest BCUT2D eigenvalue weighted by Gasteiger charge is 2.21. The largest absolute Gasteiger partial charge is 0.497 e. The smallest absolute Gasteiger partial charge is 0.311 e. The molecule has 0 unspecified atom stereocenters. The standard InChI is InChI=1S/C22H21N3O7S/c1-14-4-6-17(23-22(26)15-5-11-20(32-3)19(12-15)25(27)28)13-21(14)33(29,30)24-16-7-9-18(31-2)10-8-16/h4-13,24H,1-3H3,(H,23,26). The summed E-state index contributed by atoms with van der Waals surface area (Å²) in [4.78, 5) is 23.2. The maximum Gasteiger partial charge on any atom is 0.311 e. The van der Waals surface area contributed by atoms with Gasteiger partial charge in [0, 0.05) is 23.0 Å². The van der Waals surface area contributed by atoms with E-state index in [0.717, 1.165) is 6.07 Å². The average Bonchev–Trinajstić information content (AvgIpc) is 2.79. The second-order valence-corrected chi connectivity index (χ2v) is 8.56. The Morgan fingerprint density at radius 2 is 1.61 bits per heavy atom. The number of hydrogen-bond donors (Lipinski definition) is 2. The summed E-state index contributed by atoms with van der Waals surface area (Å²) in [7, 11) is -1.17. The molecule has 0 aromatic heterocycles. The van der Waals surface area contributed by atoms with Crippen molar-refractivity contribution < 1.29 is 27.6 Å². The van der Waals surface area contributed by atoms with Crippen LogP contribution in [0.15, 0.2) is 65.6 Å². The van der Waals surface area contributed by atoms with E-state index in [1.165, 1.54) is 38.5 Å². The van der Waals surface area contributed by atoms with Crippen LogP contribution in [0.1, 0.15) is 15.9 Å². The van der Waals surface area contributed by atoms with Crippen LogP contribution in [0.4, 0.5) is 17.1 Å². The number of carbonyl (C=O) groups is 1. The molecular formula is C22H21N3O7S. The number of carbonyl (C=O) groups excluding carboxylic acids is 1. The van der Waals surface area contributed by atoms with Gasteiger partial charge in [-0.05, 0) is 61.0 Å². The molecule has 3 rings (SSSR count). The van der Waals surface area contributed by atoms with E-state index in [0.29, 0.717) is 17.0 Å². The SMILES string of the molecule is COc1ccc(NS(=O)(=O)c2cc(NC(=O)c3ccc(OC)c([N+](=O)[O-])c3)ccc2C)cc1. The molecule has 3 aromatic carbocycles. The second kappa shape index (κ2) is 9.57. The van der Waals surface area contributed by atoms with Gasteiger partial charge in [0.15, 0.2) is 5.75 Å². The maximum absolute atomic E-state index is 12.9. The fraction of sp³-hybridized carbons (Fsp3) is 0.136. The van der Waals surface area contributed by atoms with Gasteiger partial charge in [0.05, 0.1) is 24.0 Å². The molecule has 0 radical (unpaired) electrons. The lowest BCUT2D eigenvalue weighted by atomic mass is 10.1. The van der Waals surface area contributed by atoms with Crippen LogP contribution in [0.5, 0.6) is 11.5 Å². The highest BCUT2D eigenvalue weighted by Crippen LogP contribution is 2.28. The summed E-state index contributed by atoms with van der Waals surface area (Å²) in [6.45, 7) is 1.63. The van der Waals surface area contributed by atoms with Crippen LogP contribution in [0, 0.1) is 17.0 Å². The van der Waals surface area contributed by atoms with Crippen molar-refractivity contribution in [3.8, 4) is 11.5 Å². The summed E-state index contributed by atoms with van der Waals surface area (Å²) in [5, 5.41) is 13.8. The van der Waals surface area contributed by atoms with Gasteiger partial charge in [0.25, 0.3) is 15.9 Å². The lowest BCUT2D eigenvalue weighted by Gasteiger charge is -2.13. The number of anilines is 2. The van der Waals surface area contributed by atoms with Crippen molar-refractivity contribution in [2.24, 2.45) is 0 Å². The van der Waals surface area contributed by atoms with Crippen molar-refractivity contribution in [1.82, 2.24) is 0 Å². The minimum absolute atomic E-state index is 0.0174. The third-order valence-corrected chi connectivity index (χ3v) is 6.24. The van der Waals surface area contributed by atoms with E-state index in [1.807, 2.05) is 0 Å². The number of methoxy groups -OCH3 is 2. The molecule has 0 saturated heterocycles. The highest BCUT2D eigenvalue weighted by atomic mass is 32.2. The number of nitro groups is 1. The van der Waals surface area contributed by atoms with Gasteiger partial charge in [-0.25, -0.2) is 8.42 Å². The summed E-state index contributed by atoms with van der Waals surface area (Å²) in [6.07, 6.45) is 0. The molecule has 11 heteroatoms. The average molecular weight is 471 g/mol. The van der Waals surface area contributed by atoms with Gasteiger partial charge in [0.2, 0.25) is 0 Å². The van der Waals surface area contributed by atoms with Crippen molar-refractivity contribution in [3.63, 3.8) is 0 Å². The number of sulfonamides is 1. The Morgan fingerprint density at radius 1 is 0.939 bits per heavy atom. The van der Waals surface area contributed by atoms with E-state index in [2.05, 4.69) is 10.0 Å². The van der Waals surface area contributed by atoms with Crippen molar-refractivity contribution in [1.29, 1.82) is 0 Å². The summed E-state index contributed by atoms with van der Waals surface area (Å²) < 4.78 is 38.3. The molecule has 172 valence electrons. The van der Waals surface area contributed by atoms with Gasteiger partial charge in [-0.1, -0.05) is 6.07 Å². The Labute approximate surface area is 190 Å². The maximum atomic E-state index is 12.9. The molecule has 33 heavy (non-hydrogen) atoms. The summed E-state index contributed by atoms with van der Waals surface area (Å²) in [6, 6.07) is 14.6. The van der Waals surface area contributed by atoms with Crippen molar-refractivity contribution in [2.45, 2.75) is 11.8 Å². The van der Waals surface area contributed by atoms with E-state index < -0.39 is 20.9 Å². The summed E-state index contributed by atoms with van der Waals surface area (Å²) in [5.41, 5.74) is 0.674. The van der Waals surface area contributed by atoms with Crippen molar-refractivity contribution in [2.75, 3.05) is 24.3 Å². The number of amides is 1. The lowest BCUT2D eigenvalue weighted by Crippen LogP contribution is -2.16. The molecule has 0 atom stereocenters. The molecule has 10 nitrogen and oxygen atoms in total. The van der Waals surface area contributed by atoms with Crippen molar-refractivity contribution in [3.05, 3.63) is 81.9 Å². The third kappa shape index (κ3) is 5.39. The van der Waals surface area contributed by atoms with Crippen LogP contribution < -0.4 is 19.5 Å². The molecule has 0 aliphatic heterocycles. The molecule has 1 amide bonds. The molecule has 0 spiro atoms. The molecule has 0 aliphatic carbocycles. The molecular weight excluding hydrogens is 450 g/mol. The van der Waals surface area contributed by atoms with Crippen LogP contribution >= 0.6 is 0 Å². The predicted octanol–water partition coefficient (Wildman–Crippen LogP) is 3.97. The van der Waals surface area contributed by atoms with Crippen LogP contribution in [0.2, 0.25) is 0 Å². The fourth-order valence-electron chi connectivity index (χ4n) is 3.01. The first kappa shape index (κ1) is 23.5. The Morgan fingerprint density at radius 3 is 2.21 bits per heavy atom. The monoisotopic (exact) mass is 471 g/mol. The zero-order valence-corrected chi connectivity index (χ0v) is 18.8. The first-order chi connectivity index (χ1) is 15.6. The number of nitrogens with one attached hydrogen (secondary N) is 2. The molecule has 0 fully saturated rings. The zero-order chi connectivity index (χ0) is 24.2. The Kier molecular flexibility index (Phi) is 6.83. The molecule has 2 N–H and O–H groups in total. The summed E-state index contributed by atoms with van der Waals surface area (Å²) >= 11 is 0. The number of hydrogen-bond acceptors (Lipinski definition) is 7. The Hall–Kier alpha value is -4.12. The zero-order valence-electron chi connectivity index (χ0n) is 18.0. The number of aryl methyl sites for hydroxylation is 1. The second-order valence-electron chi connectivity index (χ2n) is 6.91. The predicted molar refractivity (Wildman–Crippen MR) is 123 cm³/mol. The first-order valence-electron chi connectivity index (χ1n) is 9.56.